The van der Waals surface area contributed by atoms with E-state index < -0.39 is 11.2 Å². The van der Waals surface area contributed by atoms with E-state index >= 15 is 0 Å². The minimum absolute atomic E-state index is 0.0591. The van der Waals surface area contributed by atoms with Crippen molar-refractivity contribution in [2.45, 2.75) is 40.5 Å². The molecule has 24 heavy (non-hydrogen) atoms. The normalized spacial score (nSPS) is 11.5. The molecule has 2 rings (SSSR count). The Bertz CT molecular complexity index is 781. The minimum Gasteiger partial charge on any atom is -0.508 e. The quantitative estimate of drug-likeness (QED) is 0.905. The fraction of sp³-hybridized carbons (Fsp3) is 0.444. The molecule has 6 heteroatoms. The minimum atomic E-state index is -0.634. The second-order valence-corrected chi connectivity index (χ2v) is 6.93. The molecule has 0 aliphatic carbocycles. The SMILES string of the molecule is CC(C)Cc1nc(CC(C)(C)C#N)nc(-c2cc(O)ccc2F)n1. The summed E-state index contributed by atoms with van der Waals surface area (Å²) >= 11 is 0. The fourth-order valence-corrected chi connectivity index (χ4v) is 2.24. The molecule has 0 atom stereocenters. The summed E-state index contributed by atoms with van der Waals surface area (Å²) in [5.74, 6) is 0.937. The van der Waals surface area contributed by atoms with Crippen molar-refractivity contribution >= 4 is 0 Å². The van der Waals surface area contributed by atoms with E-state index in [1.165, 1.54) is 18.2 Å². The van der Waals surface area contributed by atoms with Gasteiger partial charge in [-0.05, 0) is 38.0 Å². The molecule has 1 aromatic carbocycles. The van der Waals surface area contributed by atoms with E-state index in [9.17, 15) is 14.8 Å². The van der Waals surface area contributed by atoms with E-state index in [1.807, 2.05) is 13.8 Å². The number of aromatic nitrogens is 3. The lowest BCUT2D eigenvalue weighted by Crippen LogP contribution is -2.17. The summed E-state index contributed by atoms with van der Waals surface area (Å²) in [7, 11) is 0. The first-order valence-electron chi connectivity index (χ1n) is 7.84. The predicted molar refractivity (Wildman–Crippen MR) is 88.5 cm³/mol. The van der Waals surface area contributed by atoms with E-state index in [4.69, 9.17) is 0 Å². The van der Waals surface area contributed by atoms with Gasteiger partial charge < -0.3 is 5.11 Å². The maximum Gasteiger partial charge on any atom is 0.166 e. The average molecular weight is 328 g/mol. The zero-order chi connectivity index (χ0) is 17.9. The number of nitrogens with zero attached hydrogens (tertiary/aromatic N) is 4. The summed E-state index contributed by atoms with van der Waals surface area (Å²) in [5, 5.41) is 18.8. The van der Waals surface area contributed by atoms with E-state index in [0.29, 0.717) is 30.4 Å². The van der Waals surface area contributed by atoms with Crippen LogP contribution in [0.2, 0.25) is 0 Å². The number of phenols is 1. The number of hydrogen-bond acceptors (Lipinski definition) is 5. The van der Waals surface area contributed by atoms with E-state index in [2.05, 4.69) is 21.0 Å². The van der Waals surface area contributed by atoms with Crippen LogP contribution in [-0.4, -0.2) is 20.1 Å². The first-order valence-corrected chi connectivity index (χ1v) is 7.84. The molecule has 0 fully saturated rings. The molecule has 0 unspecified atom stereocenters. The van der Waals surface area contributed by atoms with E-state index in [0.717, 1.165) is 0 Å². The van der Waals surface area contributed by atoms with Gasteiger partial charge in [-0.3, -0.25) is 0 Å². The van der Waals surface area contributed by atoms with Gasteiger partial charge in [0.05, 0.1) is 17.0 Å². The van der Waals surface area contributed by atoms with Crippen LogP contribution in [0.1, 0.15) is 39.3 Å². The van der Waals surface area contributed by atoms with Gasteiger partial charge in [-0.15, -0.1) is 0 Å². The van der Waals surface area contributed by atoms with Crippen LogP contribution in [-0.2, 0) is 12.8 Å². The third kappa shape index (κ3) is 4.48. The lowest BCUT2D eigenvalue weighted by atomic mass is 9.91. The van der Waals surface area contributed by atoms with Crippen molar-refractivity contribution in [3.8, 4) is 23.2 Å². The summed E-state index contributed by atoms with van der Waals surface area (Å²) in [6.45, 7) is 7.68. The van der Waals surface area contributed by atoms with Crippen LogP contribution in [0.5, 0.6) is 5.75 Å². The first kappa shape index (κ1) is 17.8. The van der Waals surface area contributed by atoms with Gasteiger partial charge >= 0.3 is 0 Å². The predicted octanol–water partition coefficient (Wildman–Crippen LogP) is 3.67. The number of phenolic OH excluding ortho intramolecular Hbond substituents is 1. The van der Waals surface area contributed by atoms with Crippen molar-refractivity contribution in [3.05, 3.63) is 35.7 Å². The van der Waals surface area contributed by atoms with E-state index in [1.54, 1.807) is 13.8 Å². The van der Waals surface area contributed by atoms with Crippen molar-refractivity contribution in [1.29, 1.82) is 5.26 Å². The van der Waals surface area contributed by atoms with Gasteiger partial charge in [0.2, 0.25) is 0 Å². The largest absolute Gasteiger partial charge is 0.508 e. The van der Waals surface area contributed by atoms with Gasteiger partial charge in [0, 0.05) is 12.8 Å². The molecule has 2 aromatic rings. The van der Waals surface area contributed by atoms with Crippen LogP contribution in [0.3, 0.4) is 0 Å². The van der Waals surface area contributed by atoms with Gasteiger partial charge in [0.25, 0.3) is 0 Å². The fourth-order valence-electron chi connectivity index (χ4n) is 2.24. The van der Waals surface area contributed by atoms with Crippen LogP contribution < -0.4 is 0 Å². The highest BCUT2D eigenvalue weighted by Crippen LogP contribution is 2.26. The third-order valence-electron chi connectivity index (χ3n) is 3.41. The Labute approximate surface area is 141 Å². The highest BCUT2D eigenvalue weighted by molar-refractivity contribution is 5.58. The molecule has 0 aliphatic heterocycles. The summed E-state index contributed by atoms with van der Waals surface area (Å²) < 4.78 is 14.1. The molecule has 5 nitrogen and oxygen atoms in total. The van der Waals surface area contributed by atoms with Gasteiger partial charge in [-0.25, -0.2) is 19.3 Å². The molecule has 0 saturated heterocycles. The number of rotatable bonds is 5. The first-order chi connectivity index (χ1) is 11.2. The number of aromatic hydroxyl groups is 1. The van der Waals surface area contributed by atoms with Crippen LogP contribution in [0.25, 0.3) is 11.4 Å². The topological polar surface area (TPSA) is 82.7 Å². The Morgan fingerprint density at radius 2 is 1.88 bits per heavy atom. The monoisotopic (exact) mass is 328 g/mol. The van der Waals surface area contributed by atoms with Gasteiger partial charge in [0.15, 0.2) is 5.82 Å². The van der Waals surface area contributed by atoms with Crippen molar-refractivity contribution in [2.24, 2.45) is 11.3 Å². The van der Waals surface area contributed by atoms with Gasteiger partial charge in [-0.2, -0.15) is 5.26 Å². The molecule has 1 aromatic heterocycles. The zero-order valence-electron chi connectivity index (χ0n) is 14.3. The second-order valence-electron chi connectivity index (χ2n) is 6.93. The number of halogens is 1. The zero-order valence-corrected chi connectivity index (χ0v) is 14.3. The average Bonchev–Trinajstić information content (AvgIpc) is 2.48. The Morgan fingerprint density at radius 3 is 2.50 bits per heavy atom. The lowest BCUT2D eigenvalue weighted by Gasteiger charge is -2.15. The summed E-state index contributed by atoms with van der Waals surface area (Å²) in [6, 6.07) is 5.96. The molecule has 126 valence electrons. The van der Waals surface area contributed by atoms with E-state index in [-0.39, 0.29) is 17.1 Å². The Hall–Kier alpha value is -2.55. The Balaban J connectivity index is 2.54. The number of nitriles is 1. The van der Waals surface area contributed by atoms with Crippen molar-refractivity contribution in [2.75, 3.05) is 0 Å². The van der Waals surface area contributed by atoms with Crippen molar-refractivity contribution in [1.82, 2.24) is 15.0 Å². The lowest BCUT2D eigenvalue weighted by molar-refractivity contribution is 0.471. The standard InChI is InChI=1S/C18H21FN4O/c1-11(2)7-15-21-16(9-18(3,4)10-20)23-17(22-15)13-8-12(24)5-6-14(13)19/h5-6,8,11,24H,7,9H2,1-4H3. The maximum absolute atomic E-state index is 14.1. The maximum atomic E-state index is 14.1. The number of benzene rings is 1. The molecule has 0 amide bonds. The van der Waals surface area contributed by atoms with Crippen LogP contribution >= 0.6 is 0 Å². The van der Waals surface area contributed by atoms with Crippen LogP contribution in [0.15, 0.2) is 18.2 Å². The summed E-state index contributed by atoms with van der Waals surface area (Å²) in [5.41, 5.74) is -0.510. The van der Waals surface area contributed by atoms with Crippen LogP contribution in [0, 0.1) is 28.5 Å². The molecule has 1 heterocycles. The van der Waals surface area contributed by atoms with Crippen LogP contribution in [0.4, 0.5) is 4.39 Å². The van der Waals surface area contributed by atoms with Gasteiger partial charge in [-0.1, -0.05) is 13.8 Å². The second kappa shape index (κ2) is 6.91. The van der Waals surface area contributed by atoms with Crippen molar-refractivity contribution in [3.63, 3.8) is 0 Å². The molecular formula is C18H21FN4O. The smallest absolute Gasteiger partial charge is 0.166 e. The molecule has 0 aliphatic rings. The summed E-state index contributed by atoms with van der Waals surface area (Å²) in [6.07, 6.45) is 0.959. The molecule has 0 spiro atoms. The Morgan fingerprint density at radius 1 is 1.21 bits per heavy atom. The van der Waals surface area contributed by atoms with Gasteiger partial charge in [0.1, 0.15) is 23.2 Å². The molecular weight excluding hydrogens is 307 g/mol. The molecule has 0 saturated carbocycles. The Kier molecular flexibility index (Phi) is 5.13. The molecule has 0 radical (unpaired) electrons. The molecule has 0 bridgehead atoms. The highest BCUT2D eigenvalue weighted by Gasteiger charge is 2.21. The third-order valence-corrected chi connectivity index (χ3v) is 3.41. The highest BCUT2D eigenvalue weighted by atomic mass is 19.1. The number of hydrogen-bond donors (Lipinski definition) is 1. The molecule has 1 N–H and O–H groups in total. The summed E-state index contributed by atoms with van der Waals surface area (Å²) in [4.78, 5) is 13.1. The van der Waals surface area contributed by atoms with Crippen molar-refractivity contribution < 1.29 is 9.50 Å².